The number of likely N-dealkylation sites (tertiary alicyclic amines) is 1. The molecule has 2 atom stereocenters. The van der Waals surface area contributed by atoms with Gasteiger partial charge in [0.15, 0.2) is 0 Å². The lowest BCUT2D eigenvalue weighted by molar-refractivity contribution is -0.147. The lowest BCUT2D eigenvalue weighted by Gasteiger charge is -2.35. The SMILES string of the molecule is CCn1cc(C(=O)O)c(=O)c2cc(N3CCN(C(=O)OCc4cc(C)c(OC(=O)C5CCCN5C(=O)C(CCSC)NC=O)c(C)c4)CC3)c(F)cc21. The first-order valence-corrected chi connectivity index (χ1v) is 18.8. The highest BCUT2D eigenvalue weighted by Gasteiger charge is 2.38. The normalized spacial score (nSPS) is 16.4. The van der Waals surface area contributed by atoms with E-state index in [0.29, 0.717) is 72.5 Å². The molecule has 5 rings (SSSR count). The molecule has 1 aromatic heterocycles. The maximum absolute atomic E-state index is 15.3. The summed E-state index contributed by atoms with van der Waals surface area (Å²) in [5.41, 5.74) is 1.34. The first-order chi connectivity index (χ1) is 25.4. The number of benzene rings is 2. The van der Waals surface area contributed by atoms with Crippen molar-refractivity contribution in [1.29, 1.82) is 0 Å². The zero-order valence-electron chi connectivity index (χ0n) is 30.2. The molecule has 0 aliphatic carbocycles. The van der Waals surface area contributed by atoms with E-state index >= 15 is 4.39 Å². The average molecular weight is 754 g/mol. The number of aromatic carboxylic acids is 1. The lowest BCUT2D eigenvalue weighted by atomic mass is 10.1. The van der Waals surface area contributed by atoms with Gasteiger partial charge in [-0.1, -0.05) is 0 Å². The van der Waals surface area contributed by atoms with Crippen LogP contribution in [0.4, 0.5) is 14.9 Å². The molecule has 2 aromatic carbocycles. The van der Waals surface area contributed by atoms with Crippen LogP contribution in [0.1, 0.15) is 53.2 Å². The van der Waals surface area contributed by atoms with Gasteiger partial charge >= 0.3 is 18.0 Å². The number of nitrogens with zero attached hydrogens (tertiary/aromatic N) is 4. The summed E-state index contributed by atoms with van der Waals surface area (Å²) in [6, 6.07) is 4.65. The number of carbonyl (C=O) groups excluding carboxylic acids is 4. The van der Waals surface area contributed by atoms with Gasteiger partial charge in [-0.15, -0.1) is 0 Å². The van der Waals surface area contributed by atoms with Crippen LogP contribution in [-0.4, -0.2) is 107 Å². The number of carboxylic acids is 1. The van der Waals surface area contributed by atoms with Crippen molar-refractivity contribution in [2.75, 3.05) is 49.6 Å². The standard InChI is InChI=1S/C37H44FN5O9S/c1-5-40-19-26(35(47)48)32(45)25-17-31(27(38)18-30(25)40)41-10-12-42(13-11-41)37(50)51-20-24-15-22(2)33(23(3)16-24)52-36(49)29-7-6-9-43(29)34(46)28(39-21-44)8-14-53-4/h15-19,21,28-29H,5-14,20H2,1-4H3,(H,39,44)(H,47,48). The summed E-state index contributed by atoms with van der Waals surface area (Å²) >= 11 is 1.56. The van der Waals surface area contributed by atoms with Gasteiger partial charge in [0.25, 0.3) is 0 Å². The average Bonchev–Trinajstić information content (AvgIpc) is 3.64. The molecular weight excluding hydrogens is 709 g/mol. The molecule has 2 saturated heterocycles. The molecular formula is C37H44FN5O9S. The Morgan fingerprint density at radius 2 is 1.77 bits per heavy atom. The number of piperazine rings is 1. The van der Waals surface area contributed by atoms with Gasteiger partial charge in [-0.25, -0.2) is 18.8 Å². The van der Waals surface area contributed by atoms with Crippen molar-refractivity contribution in [2.45, 2.75) is 65.3 Å². The summed E-state index contributed by atoms with van der Waals surface area (Å²) < 4.78 is 28.3. The summed E-state index contributed by atoms with van der Waals surface area (Å²) in [4.78, 5) is 80.0. The first-order valence-electron chi connectivity index (χ1n) is 17.5. The number of halogens is 1. The fourth-order valence-electron chi connectivity index (χ4n) is 6.95. The minimum atomic E-state index is -1.36. The number of ether oxygens (including phenoxy) is 2. The van der Waals surface area contributed by atoms with Gasteiger partial charge in [0.05, 0.1) is 11.2 Å². The summed E-state index contributed by atoms with van der Waals surface area (Å²) in [6.45, 7) is 6.97. The Balaban J connectivity index is 1.18. The first kappa shape index (κ1) is 39.1. The molecule has 3 heterocycles. The second-order valence-electron chi connectivity index (χ2n) is 13.1. The van der Waals surface area contributed by atoms with E-state index < -0.39 is 46.9 Å². The van der Waals surface area contributed by atoms with Gasteiger partial charge in [-0.2, -0.15) is 11.8 Å². The van der Waals surface area contributed by atoms with E-state index in [4.69, 9.17) is 9.47 Å². The Bertz CT molecular complexity index is 1940. The van der Waals surface area contributed by atoms with Crippen LogP contribution < -0.4 is 20.4 Å². The number of hydrogen-bond acceptors (Lipinski definition) is 10. The van der Waals surface area contributed by atoms with Crippen molar-refractivity contribution in [3.63, 3.8) is 0 Å². The Labute approximate surface area is 310 Å². The Morgan fingerprint density at radius 1 is 1.08 bits per heavy atom. The van der Waals surface area contributed by atoms with Crippen LogP contribution >= 0.6 is 11.8 Å². The molecule has 284 valence electrons. The molecule has 3 aromatic rings. The quantitative estimate of drug-likeness (QED) is 0.148. The molecule has 2 aliphatic rings. The largest absolute Gasteiger partial charge is 0.477 e. The lowest BCUT2D eigenvalue weighted by Crippen LogP contribution is -2.51. The number of fused-ring (bicyclic) bond motifs is 1. The molecule has 0 saturated carbocycles. The number of aryl methyl sites for hydroxylation is 3. The maximum atomic E-state index is 15.3. The Hall–Kier alpha value is -5.12. The van der Waals surface area contributed by atoms with Crippen LogP contribution in [0, 0.1) is 19.7 Å². The zero-order valence-corrected chi connectivity index (χ0v) is 31.0. The number of carboxylic acid groups (broad SMARTS) is 1. The number of thioether (sulfide) groups is 1. The number of pyridine rings is 1. The van der Waals surface area contributed by atoms with Crippen molar-refractivity contribution >= 4 is 58.7 Å². The van der Waals surface area contributed by atoms with Crippen molar-refractivity contribution in [2.24, 2.45) is 0 Å². The molecule has 2 N–H and O–H groups in total. The van der Waals surface area contributed by atoms with Crippen molar-refractivity contribution in [1.82, 2.24) is 19.7 Å². The van der Waals surface area contributed by atoms with Gasteiger partial charge < -0.3 is 39.2 Å². The molecule has 0 spiro atoms. The number of aromatic nitrogens is 1. The fraction of sp³-hybridized carbons (Fsp3) is 0.459. The Kier molecular flexibility index (Phi) is 12.6. The fourth-order valence-corrected chi connectivity index (χ4v) is 7.42. The third kappa shape index (κ3) is 8.58. The number of nitrogens with one attached hydrogen (secondary N) is 1. The third-order valence-corrected chi connectivity index (χ3v) is 10.3. The van der Waals surface area contributed by atoms with Crippen LogP contribution in [0.15, 0.2) is 35.3 Å². The van der Waals surface area contributed by atoms with E-state index in [9.17, 15) is 33.9 Å². The second kappa shape index (κ2) is 17.1. The van der Waals surface area contributed by atoms with E-state index in [1.165, 1.54) is 32.7 Å². The second-order valence-corrected chi connectivity index (χ2v) is 14.1. The van der Waals surface area contributed by atoms with Crippen LogP contribution in [0.2, 0.25) is 0 Å². The highest BCUT2D eigenvalue weighted by molar-refractivity contribution is 7.98. The molecule has 16 heteroatoms. The molecule has 0 bridgehead atoms. The molecule has 0 radical (unpaired) electrons. The van der Waals surface area contributed by atoms with Gasteiger partial charge in [0, 0.05) is 56.9 Å². The van der Waals surface area contributed by atoms with E-state index in [0.717, 1.165) is 0 Å². The summed E-state index contributed by atoms with van der Waals surface area (Å²) in [7, 11) is 0. The van der Waals surface area contributed by atoms with E-state index in [1.807, 2.05) is 6.26 Å². The van der Waals surface area contributed by atoms with Crippen LogP contribution in [0.3, 0.4) is 0 Å². The number of esters is 1. The topological polar surface area (TPSA) is 168 Å². The number of anilines is 1. The Morgan fingerprint density at radius 3 is 2.40 bits per heavy atom. The summed E-state index contributed by atoms with van der Waals surface area (Å²) in [5.74, 6) is -1.75. The monoisotopic (exact) mass is 753 g/mol. The van der Waals surface area contributed by atoms with Gasteiger partial charge in [-0.3, -0.25) is 14.4 Å². The van der Waals surface area contributed by atoms with Gasteiger partial charge in [0.2, 0.25) is 17.7 Å². The number of rotatable bonds is 13. The molecule has 53 heavy (non-hydrogen) atoms. The van der Waals surface area contributed by atoms with Gasteiger partial charge in [0.1, 0.15) is 35.8 Å². The number of carbonyl (C=O) groups is 5. The number of amides is 3. The molecule has 14 nitrogen and oxygen atoms in total. The highest BCUT2D eigenvalue weighted by Crippen LogP contribution is 2.29. The van der Waals surface area contributed by atoms with E-state index in [2.05, 4.69) is 5.32 Å². The summed E-state index contributed by atoms with van der Waals surface area (Å²) in [6.07, 6.45) is 4.61. The van der Waals surface area contributed by atoms with Crippen LogP contribution in [0.25, 0.3) is 10.9 Å². The zero-order chi connectivity index (χ0) is 38.4. The van der Waals surface area contributed by atoms with Crippen LogP contribution in [0.5, 0.6) is 5.75 Å². The summed E-state index contributed by atoms with van der Waals surface area (Å²) in [5, 5.41) is 12.2. The number of hydrogen-bond donors (Lipinski definition) is 2. The predicted octanol–water partition coefficient (Wildman–Crippen LogP) is 3.70. The van der Waals surface area contributed by atoms with Gasteiger partial charge in [-0.05, 0) is 86.9 Å². The van der Waals surface area contributed by atoms with Crippen molar-refractivity contribution < 1.29 is 42.9 Å². The van der Waals surface area contributed by atoms with E-state index in [-0.39, 0.29) is 49.8 Å². The molecule has 3 amide bonds. The van der Waals surface area contributed by atoms with Crippen molar-refractivity contribution in [3.05, 3.63) is 68.8 Å². The smallest absolute Gasteiger partial charge is 0.410 e. The molecule has 2 aliphatic heterocycles. The predicted molar refractivity (Wildman–Crippen MR) is 197 cm³/mol. The highest BCUT2D eigenvalue weighted by atomic mass is 32.2. The minimum Gasteiger partial charge on any atom is -0.477 e. The van der Waals surface area contributed by atoms with Crippen LogP contribution in [-0.2, 0) is 32.3 Å². The maximum Gasteiger partial charge on any atom is 0.410 e. The minimum absolute atomic E-state index is 0.0457. The van der Waals surface area contributed by atoms with Crippen molar-refractivity contribution in [3.8, 4) is 5.75 Å². The molecule has 2 unspecified atom stereocenters. The molecule has 2 fully saturated rings. The third-order valence-electron chi connectivity index (χ3n) is 9.67. The van der Waals surface area contributed by atoms with E-state index in [1.54, 1.807) is 49.6 Å².